The van der Waals surface area contributed by atoms with Crippen LogP contribution in [-0.4, -0.2) is 26.9 Å². The molecule has 2 aliphatic rings. The molecule has 0 saturated heterocycles. The van der Waals surface area contributed by atoms with E-state index in [-0.39, 0.29) is 22.8 Å². The van der Waals surface area contributed by atoms with Crippen molar-refractivity contribution < 1.29 is 13.2 Å². The summed E-state index contributed by atoms with van der Waals surface area (Å²) >= 11 is 0. The lowest BCUT2D eigenvalue weighted by atomic mass is 10.1. The van der Waals surface area contributed by atoms with E-state index in [9.17, 15) is 13.2 Å². The average molecular weight is 399 g/mol. The maximum Gasteiger partial charge on any atom is 0.240 e. The van der Waals surface area contributed by atoms with E-state index in [1.54, 1.807) is 18.2 Å². The maximum absolute atomic E-state index is 12.9. The van der Waals surface area contributed by atoms with Crippen molar-refractivity contribution >= 4 is 21.6 Å². The fourth-order valence-corrected chi connectivity index (χ4v) is 5.15. The Morgan fingerprint density at radius 3 is 2.61 bits per heavy atom. The summed E-state index contributed by atoms with van der Waals surface area (Å²) in [6, 6.07) is 14.9. The van der Waals surface area contributed by atoms with Gasteiger partial charge in [0.15, 0.2) is 0 Å². The SMILES string of the molecule is CC[C@@H](Cc1ccccc1)NS(=O)(=O)c1ccc2c(c1)CCN2C(=O)C1CC1. The van der Waals surface area contributed by atoms with Crippen LogP contribution in [0.5, 0.6) is 0 Å². The first-order valence-electron chi connectivity index (χ1n) is 9.98. The molecule has 28 heavy (non-hydrogen) atoms. The number of benzene rings is 2. The fourth-order valence-electron chi connectivity index (χ4n) is 3.78. The lowest BCUT2D eigenvalue weighted by Gasteiger charge is -2.19. The number of nitrogens with one attached hydrogen (secondary N) is 1. The second kappa shape index (κ2) is 7.68. The monoisotopic (exact) mass is 398 g/mol. The highest BCUT2D eigenvalue weighted by Crippen LogP contribution is 2.37. The molecule has 0 unspecified atom stereocenters. The van der Waals surface area contributed by atoms with Gasteiger partial charge in [-0.3, -0.25) is 4.79 Å². The van der Waals surface area contributed by atoms with Crippen molar-refractivity contribution in [2.45, 2.75) is 50.0 Å². The molecule has 0 spiro atoms. The molecule has 1 heterocycles. The molecule has 1 atom stereocenters. The van der Waals surface area contributed by atoms with Crippen molar-refractivity contribution in [3.05, 3.63) is 59.7 Å². The Bertz CT molecular complexity index is 969. The topological polar surface area (TPSA) is 66.5 Å². The predicted molar refractivity (Wildman–Crippen MR) is 110 cm³/mol. The normalized spacial score (nSPS) is 17.4. The molecule has 1 fully saturated rings. The van der Waals surface area contributed by atoms with Crippen LogP contribution in [0.2, 0.25) is 0 Å². The van der Waals surface area contributed by atoms with Gasteiger partial charge in [-0.25, -0.2) is 13.1 Å². The Morgan fingerprint density at radius 2 is 1.93 bits per heavy atom. The number of carbonyl (C=O) groups is 1. The highest BCUT2D eigenvalue weighted by Gasteiger charge is 2.36. The number of amides is 1. The molecule has 1 N–H and O–H groups in total. The van der Waals surface area contributed by atoms with Crippen LogP contribution in [-0.2, 0) is 27.7 Å². The molecule has 4 rings (SSSR count). The number of sulfonamides is 1. The summed E-state index contributed by atoms with van der Waals surface area (Å²) in [4.78, 5) is 14.5. The van der Waals surface area contributed by atoms with Gasteiger partial charge in [0.2, 0.25) is 15.9 Å². The van der Waals surface area contributed by atoms with Crippen molar-refractivity contribution in [2.75, 3.05) is 11.4 Å². The lowest BCUT2D eigenvalue weighted by Crippen LogP contribution is -2.36. The molecule has 0 radical (unpaired) electrons. The smallest absolute Gasteiger partial charge is 0.240 e. The van der Waals surface area contributed by atoms with E-state index < -0.39 is 10.0 Å². The first-order valence-corrected chi connectivity index (χ1v) is 11.5. The number of fused-ring (bicyclic) bond motifs is 1. The Hall–Kier alpha value is -2.18. The number of anilines is 1. The van der Waals surface area contributed by atoms with E-state index >= 15 is 0 Å². The fraction of sp³-hybridized carbons (Fsp3) is 0.409. The third kappa shape index (κ3) is 3.98. The van der Waals surface area contributed by atoms with E-state index in [2.05, 4.69) is 4.72 Å². The van der Waals surface area contributed by atoms with Crippen LogP contribution in [0.25, 0.3) is 0 Å². The van der Waals surface area contributed by atoms with Gasteiger partial charge >= 0.3 is 0 Å². The van der Waals surface area contributed by atoms with E-state index in [1.807, 2.05) is 42.2 Å². The quantitative estimate of drug-likeness (QED) is 0.778. The van der Waals surface area contributed by atoms with Gasteiger partial charge in [-0.15, -0.1) is 0 Å². The van der Waals surface area contributed by atoms with Crippen LogP contribution >= 0.6 is 0 Å². The van der Waals surface area contributed by atoms with Gasteiger partial charge in [-0.05, 0) is 61.4 Å². The molecular formula is C22H26N2O3S. The summed E-state index contributed by atoms with van der Waals surface area (Å²) in [6.45, 7) is 2.63. The highest BCUT2D eigenvalue weighted by molar-refractivity contribution is 7.89. The lowest BCUT2D eigenvalue weighted by molar-refractivity contribution is -0.119. The van der Waals surface area contributed by atoms with Gasteiger partial charge in [0.25, 0.3) is 0 Å². The first-order chi connectivity index (χ1) is 13.5. The number of carbonyl (C=O) groups excluding carboxylic acids is 1. The standard InChI is InChI=1S/C22H26N2O3S/c1-2-19(14-16-6-4-3-5-7-16)23-28(26,27)20-10-11-21-18(15-20)12-13-24(21)22(25)17-8-9-17/h3-7,10-11,15,17,19,23H,2,8-9,12-14H2,1H3/t19-/m0/s1. The largest absolute Gasteiger partial charge is 0.312 e. The minimum atomic E-state index is -3.61. The molecule has 1 aliphatic heterocycles. The van der Waals surface area contributed by atoms with Crippen LogP contribution in [0.3, 0.4) is 0 Å². The molecule has 1 aliphatic carbocycles. The van der Waals surface area contributed by atoms with Gasteiger partial charge in [0.05, 0.1) is 4.90 Å². The second-order valence-corrected chi connectivity index (χ2v) is 9.43. The second-order valence-electron chi connectivity index (χ2n) is 7.72. The molecule has 5 nitrogen and oxygen atoms in total. The van der Waals surface area contributed by atoms with Crippen LogP contribution in [0, 0.1) is 5.92 Å². The predicted octanol–water partition coefficient (Wildman–Crippen LogP) is 3.29. The third-order valence-electron chi connectivity index (χ3n) is 5.59. The number of hydrogen-bond donors (Lipinski definition) is 1. The highest BCUT2D eigenvalue weighted by atomic mass is 32.2. The van der Waals surface area contributed by atoms with Crippen LogP contribution in [0.1, 0.15) is 37.3 Å². The van der Waals surface area contributed by atoms with Gasteiger partial charge < -0.3 is 4.90 Å². The molecular weight excluding hydrogens is 372 g/mol. The summed E-state index contributed by atoms with van der Waals surface area (Å²) in [5.41, 5.74) is 2.92. The molecule has 1 saturated carbocycles. The minimum absolute atomic E-state index is 0.159. The van der Waals surface area contributed by atoms with Gasteiger partial charge in [0.1, 0.15) is 0 Å². The molecule has 2 aromatic carbocycles. The van der Waals surface area contributed by atoms with Crippen molar-refractivity contribution in [1.29, 1.82) is 0 Å². The first kappa shape index (κ1) is 19.2. The van der Waals surface area contributed by atoms with Gasteiger partial charge in [-0.2, -0.15) is 0 Å². The van der Waals surface area contributed by atoms with Crippen molar-refractivity contribution in [3.8, 4) is 0 Å². The minimum Gasteiger partial charge on any atom is -0.312 e. The van der Waals surface area contributed by atoms with E-state index in [4.69, 9.17) is 0 Å². The van der Waals surface area contributed by atoms with Crippen LogP contribution < -0.4 is 9.62 Å². The number of rotatable bonds is 7. The zero-order chi connectivity index (χ0) is 19.7. The molecule has 2 aromatic rings. The molecule has 148 valence electrons. The summed E-state index contributed by atoms with van der Waals surface area (Å²) in [6.07, 6.45) is 4.02. The van der Waals surface area contributed by atoms with Crippen LogP contribution in [0.15, 0.2) is 53.4 Å². The Morgan fingerprint density at radius 1 is 1.18 bits per heavy atom. The van der Waals surface area contributed by atoms with Crippen LogP contribution in [0.4, 0.5) is 5.69 Å². The Labute approximate surface area is 166 Å². The van der Waals surface area contributed by atoms with E-state index in [0.29, 0.717) is 25.8 Å². The average Bonchev–Trinajstić information content (AvgIpc) is 3.46. The Balaban J connectivity index is 1.50. The van der Waals surface area contributed by atoms with E-state index in [1.165, 1.54) is 0 Å². The van der Waals surface area contributed by atoms with Gasteiger partial charge in [-0.1, -0.05) is 37.3 Å². The molecule has 6 heteroatoms. The molecule has 0 aromatic heterocycles. The van der Waals surface area contributed by atoms with Gasteiger partial charge in [0, 0.05) is 24.2 Å². The summed E-state index contributed by atoms with van der Waals surface area (Å²) in [5, 5.41) is 0. The molecule has 1 amide bonds. The maximum atomic E-state index is 12.9. The van der Waals surface area contributed by atoms with Crippen molar-refractivity contribution in [2.24, 2.45) is 5.92 Å². The summed E-state index contributed by atoms with van der Waals surface area (Å²) in [5.74, 6) is 0.348. The third-order valence-corrected chi connectivity index (χ3v) is 7.11. The summed E-state index contributed by atoms with van der Waals surface area (Å²) in [7, 11) is -3.61. The van der Waals surface area contributed by atoms with Crippen molar-refractivity contribution in [1.82, 2.24) is 4.72 Å². The number of hydrogen-bond acceptors (Lipinski definition) is 3. The van der Waals surface area contributed by atoms with Crippen molar-refractivity contribution in [3.63, 3.8) is 0 Å². The van der Waals surface area contributed by atoms with E-state index in [0.717, 1.165) is 29.7 Å². The summed E-state index contributed by atoms with van der Waals surface area (Å²) < 4.78 is 28.7. The number of nitrogens with zero attached hydrogens (tertiary/aromatic N) is 1. The Kier molecular flexibility index (Phi) is 5.25. The molecule has 0 bridgehead atoms. The zero-order valence-corrected chi connectivity index (χ0v) is 16.9. The zero-order valence-electron chi connectivity index (χ0n) is 16.1.